The summed E-state index contributed by atoms with van der Waals surface area (Å²) < 4.78 is 0. The Kier molecular flexibility index (Phi) is 3.87. The van der Waals surface area contributed by atoms with Gasteiger partial charge in [-0.15, -0.1) is 5.10 Å². The topological polar surface area (TPSA) is 70.8 Å². The zero-order chi connectivity index (χ0) is 15.0. The Bertz CT molecular complexity index is 639. The number of anilines is 1. The Labute approximate surface area is 129 Å². The van der Waals surface area contributed by atoms with Crippen LogP contribution in [-0.4, -0.2) is 34.3 Å². The third-order valence-electron chi connectivity index (χ3n) is 4.15. The SMILES string of the molecule is Cc1ccc(-c2nc(N3CCC(C)C(N)C3)n[nH]2)c(Cl)c1. The van der Waals surface area contributed by atoms with Crippen LogP contribution in [0.5, 0.6) is 0 Å². The molecular formula is C15H20ClN5. The number of hydrogen-bond acceptors (Lipinski definition) is 4. The summed E-state index contributed by atoms with van der Waals surface area (Å²) in [7, 11) is 0. The molecule has 1 fully saturated rings. The first kappa shape index (κ1) is 14.4. The standard InChI is InChI=1S/C15H20ClN5/c1-9-3-4-11(12(16)7-9)14-18-15(20-19-14)21-6-5-10(2)13(17)8-21/h3-4,7,10,13H,5-6,8,17H2,1-2H3,(H,18,19,20). The van der Waals surface area contributed by atoms with Crippen LogP contribution in [0.3, 0.4) is 0 Å². The molecule has 2 atom stereocenters. The zero-order valence-corrected chi connectivity index (χ0v) is 13.1. The van der Waals surface area contributed by atoms with Crippen molar-refractivity contribution in [3.63, 3.8) is 0 Å². The highest BCUT2D eigenvalue weighted by atomic mass is 35.5. The summed E-state index contributed by atoms with van der Waals surface area (Å²) in [5, 5.41) is 7.97. The normalized spacial score (nSPS) is 22.6. The lowest BCUT2D eigenvalue weighted by Gasteiger charge is -2.34. The van der Waals surface area contributed by atoms with Crippen LogP contribution < -0.4 is 10.6 Å². The summed E-state index contributed by atoms with van der Waals surface area (Å²) in [4.78, 5) is 6.71. The molecule has 2 aromatic rings. The second-order valence-corrected chi connectivity index (χ2v) is 6.25. The first-order valence-electron chi connectivity index (χ1n) is 7.24. The minimum atomic E-state index is 0.170. The van der Waals surface area contributed by atoms with E-state index in [-0.39, 0.29) is 6.04 Å². The molecule has 2 unspecified atom stereocenters. The van der Waals surface area contributed by atoms with Crippen molar-refractivity contribution in [2.24, 2.45) is 11.7 Å². The van der Waals surface area contributed by atoms with Crippen LogP contribution in [0.25, 0.3) is 11.4 Å². The van der Waals surface area contributed by atoms with Crippen molar-refractivity contribution in [3.05, 3.63) is 28.8 Å². The maximum Gasteiger partial charge on any atom is 0.245 e. The third-order valence-corrected chi connectivity index (χ3v) is 4.47. The van der Waals surface area contributed by atoms with E-state index in [1.165, 1.54) is 0 Å². The number of aromatic amines is 1. The maximum atomic E-state index is 6.28. The second kappa shape index (κ2) is 5.66. The average molecular weight is 306 g/mol. The van der Waals surface area contributed by atoms with Gasteiger partial charge in [0.05, 0.1) is 5.02 Å². The maximum absolute atomic E-state index is 6.28. The number of halogens is 1. The number of piperidine rings is 1. The molecule has 0 amide bonds. The van der Waals surface area contributed by atoms with Gasteiger partial charge in [-0.1, -0.05) is 24.6 Å². The van der Waals surface area contributed by atoms with Gasteiger partial charge in [0.2, 0.25) is 5.95 Å². The Morgan fingerprint density at radius 3 is 2.95 bits per heavy atom. The predicted molar refractivity (Wildman–Crippen MR) is 85.5 cm³/mol. The molecule has 1 aliphatic heterocycles. The first-order valence-corrected chi connectivity index (χ1v) is 7.62. The lowest BCUT2D eigenvalue weighted by molar-refractivity contribution is 0.376. The van der Waals surface area contributed by atoms with Gasteiger partial charge in [-0.25, -0.2) is 0 Å². The van der Waals surface area contributed by atoms with Gasteiger partial charge in [0.15, 0.2) is 5.82 Å². The zero-order valence-electron chi connectivity index (χ0n) is 12.3. The van der Waals surface area contributed by atoms with Crippen molar-refractivity contribution >= 4 is 17.5 Å². The van der Waals surface area contributed by atoms with Crippen LogP contribution in [0, 0.1) is 12.8 Å². The Balaban J connectivity index is 1.83. The van der Waals surface area contributed by atoms with Crippen molar-refractivity contribution in [1.82, 2.24) is 15.2 Å². The van der Waals surface area contributed by atoms with E-state index in [9.17, 15) is 0 Å². The number of benzene rings is 1. The highest BCUT2D eigenvalue weighted by Crippen LogP contribution is 2.28. The van der Waals surface area contributed by atoms with E-state index in [1.54, 1.807) is 0 Å². The highest BCUT2D eigenvalue weighted by Gasteiger charge is 2.25. The number of nitrogens with zero attached hydrogens (tertiary/aromatic N) is 3. The molecule has 3 N–H and O–H groups in total. The van der Waals surface area contributed by atoms with Crippen molar-refractivity contribution in [2.45, 2.75) is 26.3 Å². The molecular weight excluding hydrogens is 286 g/mol. The summed E-state index contributed by atoms with van der Waals surface area (Å²) in [5.74, 6) is 1.94. The van der Waals surface area contributed by atoms with Crippen LogP contribution in [0.2, 0.25) is 5.02 Å². The van der Waals surface area contributed by atoms with E-state index >= 15 is 0 Å². The van der Waals surface area contributed by atoms with Crippen molar-refractivity contribution in [2.75, 3.05) is 18.0 Å². The Morgan fingerprint density at radius 2 is 2.24 bits per heavy atom. The molecule has 6 heteroatoms. The summed E-state index contributed by atoms with van der Waals surface area (Å²) in [5.41, 5.74) is 8.13. The Morgan fingerprint density at radius 1 is 1.43 bits per heavy atom. The van der Waals surface area contributed by atoms with E-state index in [4.69, 9.17) is 17.3 Å². The quantitative estimate of drug-likeness (QED) is 0.894. The summed E-state index contributed by atoms with van der Waals surface area (Å²) in [6, 6.07) is 6.08. The van der Waals surface area contributed by atoms with E-state index in [0.717, 1.165) is 30.6 Å². The molecule has 1 aromatic carbocycles. The van der Waals surface area contributed by atoms with Crippen molar-refractivity contribution < 1.29 is 0 Å². The molecule has 112 valence electrons. The van der Waals surface area contributed by atoms with E-state index in [2.05, 4.69) is 27.0 Å². The largest absolute Gasteiger partial charge is 0.338 e. The molecule has 0 spiro atoms. The van der Waals surface area contributed by atoms with Crippen molar-refractivity contribution in [3.8, 4) is 11.4 Å². The minimum absolute atomic E-state index is 0.170. The number of H-pyrrole nitrogens is 1. The first-order chi connectivity index (χ1) is 10.0. The lowest BCUT2D eigenvalue weighted by Crippen LogP contribution is -2.48. The lowest BCUT2D eigenvalue weighted by atomic mass is 9.95. The molecule has 0 radical (unpaired) electrons. The third kappa shape index (κ3) is 2.89. The molecule has 5 nitrogen and oxygen atoms in total. The smallest absolute Gasteiger partial charge is 0.245 e. The van der Waals surface area contributed by atoms with Crippen molar-refractivity contribution in [1.29, 1.82) is 0 Å². The molecule has 0 aliphatic carbocycles. The number of aryl methyl sites for hydroxylation is 1. The second-order valence-electron chi connectivity index (χ2n) is 5.84. The number of hydrogen-bond donors (Lipinski definition) is 2. The average Bonchev–Trinajstić information content (AvgIpc) is 2.91. The molecule has 0 saturated carbocycles. The highest BCUT2D eigenvalue weighted by molar-refractivity contribution is 6.33. The molecule has 1 aliphatic rings. The molecule has 0 bridgehead atoms. The fourth-order valence-corrected chi connectivity index (χ4v) is 2.93. The van der Waals surface area contributed by atoms with Crippen LogP contribution in [0.15, 0.2) is 18.2 Å². The molecule has 3 rings (SSSR count). The van der Waals surface area contributed by atoms with E-state index in [1.807, 2.05) is 25.1 Å². The number of nitrogens with two attached hydrogens (primary N) is 1. The van der Waals surface area contributed by atoms with Gasteiger partial charge in [0.1, 0.15) is 0 Å². The van der Waals surface area contributed by atoms with Gasteiger partial charge in [0, 0.05) is 24.7 Å². The van der Waals surface area contributed by atoms with Gasteiger partial charge in [-0.3, -0.25) is 5.10 Å². The van der Waals surface area contributed by atoms with Gasteiger partial charge in [-0.2, -0.15) is 4.98 Å². The number of rotatable bonds is 2. The Hall–Kier alpha value is -1.59. The molecule has 21 heavy (non-hydrogen) atoms. The molecule has 1 aromatic heterocycles. The molecule has 2 heterocycles. The van der Waals surface area contributed by atoms with Gasteiger partial charge >= 0.3 is 0 Å². The number of aromatic nitrogens is 3. The van der Waals surface area contributed by atoms with Gasteiger partial charge < -0.3 is 10.6 Å². The summed E-state index contributed by atoms with van der Waals surface area (Å²) >= 11 is 6.28. The summed E-state index contributed by atoms with van der Waals surface area (Å²) in [6.45, 7) is 5.93. The van der Waals surface area contributed by atoms with Gasteiger partial charge in [-0.05, 0) is 37.0 Å². The molecule has 1 saturated heterocycles. The summed E-state index contributed by atoms with van der Waals surface area (Å²) in [6.07, 6.45) is 1.07. The van der Waals surface area contributed by atoms with Crippen LogP contribution in [-0.2, 0) is 0 Å². The van der Waals surface area contributed by atoms with E-state index < -0.39 is 0 Å². The minimum Gasteiger partial charge on any atom is -0.338 e. The van der Waals surface area contributed by atoms with Crippen LogP contribution in [0.1, 0.15) is 18.9 Å². The number of nitrogens with one attached hydrogen (secondary N) is 1. The van der Waals surface area contributed by atoms with E-state index in [0.29, 0.717) is 22.7 Å². The van der Waals surface area contributed by atoms with Crippen LogP contribution >= 0.6 is 11.6 Å². The fraction of sp³-hybridized carbons (Fsp3) is 0.467. The van der Waals surface area contributed by atoms with Crippen LogP contribution in [0.4, 0.5) is 5.95 Å². The predicted octanol–water partition coefficient (Wildman–Crippen LogP) is 2.61. The monoisotopic (exact) mass is 305 g/mol. The van der Waals surface area contributed by atoms with Gasteiger partial charge in [0.25, 0.3) is 0 Å². The fourth-order valence-electron chi connectivity index (χ4n) is 2.61.